The molecule has 0 spiro atoms. The summed E-state index contributed by atoms with van der Waals surface area (Å²) in [5.41, 5.74) is 1.53. The molecule has 7 heteroatoms. The predicted molar refractivity (Wildman–Crippen MR) is 91.1 cm³/mol. The van der Waals surface area contributed by atoms with E-state index in [9.17, 15) is 9.90 Å². The number of carbonyl (C=O) groups is 1. The van der Waals surface area contributed by atoms with Gasteiger partial charge in [-0.15, -0.1) is 12.4 Å². The molecule has 2 fully saturated rings. The Kier molecular flexibility index (Phi) is 5.38. The summed E-state index contributed by atoms with van der Waals surface area (Å²) in [5.74, 6) is 0.481. The van der Waals surface area contributed by atoms with Crippen LogP contribution in [0.5, 0.6) is 0 Å². The molecule has 3 N–H and O–H groups in total. The van der Waals surface area contributed by atoms with Crippen molar-refractivity contribution in [2.24, 2.45) is 5.92 Å². The number of β-amino-alcohol motifs (C(OH)–C–C–N with tert-alkyl or cyclic N) is 1. The third-order valence-electron chi connectivity index (χ3n) is 4.43. The zero-order valence-corrected chi connectivity index (χ0v) is 14.8. The quantitative estimate of drug-likeness (QED) is 0.769. The van der Waals surface area contributed by atoms with E-state index in [2.05, 4.69) is 36.5 Å². The molecule has 2 atom stereocenters. The van der Waals surface area contributed by atoms with E-state index in [1.54, 1.807) is 0 Å². The van der Waals surface area contributed by atoms with Gasteiger partial charge in [-0.25, -0.2) is 0 Å². The van der Waals surface area contributed by atoms with Crippen LogP contribution in [0.25, 0.3) is 0 Å². The Morgan fingerprint density at radius 1 is 1.43 bits per heavy atom. The third kappa shape index (κ3) is 4.05. The second-order valence-corrected chi connectivity index (χ2v) is 7.51. The van der Waals surface area contributed by atoms with Crippen molar-refractivity contribution >= 4 is 18.3 Å². The lowest BCUT2D eigenvalue weighted by Gasteiger charge is -2.22. The SMILES string of the molecule is CC(C)(C)n1nc(C(=O)NCC2CNCC2O)cc1C1CC1.Cl. The molecule has 1 saturated heterocycles. The Morgan fingerprint density at radius 2 is 2.13 bits per heavy atom. The minimum Gasteiger partial charge on any atom is -0.391 e. The average Bonchev–Trinajstić information content (AvgIpc) is 3.04. The first-order valence-electron chi connectivity index (χ1n) is 8.13. The molecular formula is C16H27ClN4O2. The van der Waals surface area contributed by atoms with Crippen molar-refractivity contribution in [1.29, 1.82) is 0 Å². The highest BCUT2D eigenvalue weighted by atomic mass is 35.5. The van der Waals surface area contributed by atoms with Gasteiger partial charge in [-0.05, 0) is 39.7 Å². The summed E-state index contributed by atoms with van der Waals surface area (Å²) in [7, 11) is 0. The number of nitrogens with one attached hydrogen (secondary N) is 2. The monoisotopic (exact) mass is 342 g/mol. The van der Waals surface area contributed by atoms with E-state index in [1.807, 2.05) is 10.7 Å². The summed E-state index contributed by atoms with van der Waals surface area (Å²) < 4.78 is 1.99. The first-order valence-corrected chi connectivity index (χ1v) is 8.13. The van der Waals surface area contributed by atoms with E-state index in [0.29, 0.717) is 24.7 Å². The standard InChI is InChI=1S/C16H26N4O2.ClH/c1-16(2,3)20-13(10-4-5-10)6-12(19-20)15(22)18-8-11-7-17-9-14(11)21;/h6,10-11,14,17,21H,4-5,7-9H2,1-3H3,(H,18,22);1H. The summed E-state index contributed by atoms with van der Waals surface area (Å²) in [6.45, 7) is 8.14. The zero-order chi connectivity index (χ0) is 15.9. The first kappa shape index (κ1) is 18.2. The van der Waals surface area contributed by atoms with Crippen molar-refractivity contribution in [2.45, 2.75) is 51.2 Å². The van der Waals surface area contributed by atoms with Crippen LogP contribution in [0.1, 0.15) is 55.7 Å². The molecule has 1 aliphatic carbocycles. The summed E-state index contributed by atoms with van der Waals surface area (Å²) in [5, 5.41) is 20.3. The van der Waals surface area contributed by atoms with Crippen molar-refractivity contribution in [3.05, 3.63) is 17.5 Å². The molecule has 1 amide bonds. The average molecular weight is 343 g/mol. The highest BCUT2D eigenvalue weighted by molar-refractivity contribution is 5.92. The van der Waals surface area contributed by atoms with Crippen molar-refractivity contribution in [3.8, 4) is 0 Å². The van der Waals surface area contributed by atoms with Crippen LogP contribution in [0.15, 0.2) is 6.07 Å². The van der Waals surface area contributed by atoms with Crippen molar-refractivity contribution < 1.29 is 9.90 Å². The van der Waals surface area contributed by atoms with Crippen molar-refractivity contribution in [3.63, 3.8) is 0 Å². The van der Waals surface area contributed by atoms with Crippen LogP contribution < -0.4 is 10.6 Å². The lowest BCUT2D eigenvalue weighted by atomic mass is 10.1. The van der Waals surface area contributed by atoms with E-state index >= 15 is 0 Å². The fourth-order valence-corrected chi connectivity index (χ4v) is 2.96. The van der Waals surface area contributed by atoms with E-state index < -0.39 is 0 Å². The number of aliphatic hydroxyl groups excluding tert-OH is 1. The number of nitrogens with zero attached hydrogens (tertiary/aromatic N) is 2. The smallest absolute Gasteiger partial charge is 0.271 e. The van der Waals surface area contributed by atoms with Gasteiger partial charge in [0.1, 0.15) is 5.69 Å². The van der Waals surface area contributed by atoms with Crippen LogP contribution in [-0.4, -0.2) is 46.5 Å². The zero-order valence-electron chi connectivity index (χ0n) is 14.0. The second kappa shape index (κ2) is 6.79. The van der Waals surface area contributed by atoms with Gasteiger partial charge in [0, 0.05) is 37.2 Å². The van der Waals surface area contributed by atoms with Crippen molar-refractivity contribution in [1.82, 2.24) is 20.4 Å². The number of aromatic nitrogens is 2. The Hall–Kier alpha value is -1.11. The lowest BCUT2D eigenvalue weighted by molar-refractivity contribution is 0.0920. The molecule has 1 aromatic heterocycles. The molecular weight excluding hydrogens is 316 g/mol. The molecule has 1 aliphatic heterocycles. The molecule has 1 saturated carbocycles. The summed E-state index contributed by atoms with van der Waals surface area (Å²) >= 11 is 0. The number of hydrogen-bond acceptors (Lipinski definition) is 4. The molecule has 2 unspecified atom stereocenters. The highest BCUT2D eigenvalue weighted by Gasteiger charge is 2.33. The molecule has 130 valence electrons. The summed E-state index contributed by atoms with van der Waals surface area (Å²) in [6.07, 6.45) is 1.99. The van der Waals surface area contributed by atoms with Gasteiger partial charge in [0.25, 0.3) is 5.91 Å². The Morgan fingerprint density at radius 3 is 2.65 bits per heavy atom. The van der Waals surface area contributed by atoms with E-state index in [0.717, 1.165) is 6.54 Å². The van der Waals surface area contributed by atoms with Crippen molar-refractivity contribution in [2.75, 3.05) is 19.6 Å². The molecule has 23 heavy (non-hydrogen) atoms. The van der Waals surface area contributed by atoms with Gasteiger partial charge in [0.05, 0.1) is 11.6 Å². The summed E-state index contributed by atoms with van der Waals surface area (Å²) in [6, 6.07) is 1.93. The number of rotatable bonds is 4. The largest absolute Gasteiger partial charge is 0.391 e. The van der Waals surface area contributed by atoms with E-state index in [1.165, 1.54) is 18.5 Å². The maximum absolute atomic E-state index is 12.4. The van der Waals surface area contributed by atoms with Gasteiger partial charge in [-0.2, -0.15) is 5.10 Å². The molecule has 0 bridgehead atoms. The number of amides is 1. The number of halogens is 1. The number of carbonyl (C=O) groups excluding carboxylic acids is 1. The molecule has 6 nitrogen and oxygen atoms in total. The van der Waals surface area contributed by atoms with Gasteiger partial charge in [0.2, 0.25) is 0 Å². The predicted octanol–water partition coefficient (Wildman–Crippen LogP) is 1.25. The van der Waals surface area contributed by atoms with Gasteiger partial charge in [-0.3, -0.25) is 9.48 Å². The maximum atomic E-state index is 12.4. The fraction of sp³-hybridized carbons (Fsp3) is 0.750. The van der Waals surface area contributed by atoms with E-state index in [4.69, 9.17) is 0 Å². The van der Waals surface area contributed by atoms with E-state index in [-0.39, 0.29) is 35.9 Å². The van der Waals surface area contributed by atoms with Gasteiger partial charge < -0.3 is 15.7 Å². The van der Waals surface area contributed by atoms with Crippen LogP contribution in [0, 0.1) is 5.92 Å². The summed E-state index contributed by atoms with van der Waals surface area (Å²) in [4.78, 5) is 12.4. The Balaban J connectivity index is 0.00000192. The highest BCUT2D eigenvalue weighted by Crippen LogP contribution is 2.41. The first-order chi connectivity index (χ1) is 10.4. The lowest BCUT2D eigenvalue weighted by Crippen LogP contribution is -2.34. The van der Waals surface area contributed by atoms with Crippen LogP contribution in [-0.2, 0) is 5.54 Å². The molecule has 2 aliphatic rings. The molecule has 2 heterocycles. The minimum atomic E-state index is -0.380. The van der Waals surface area contributed by atoms with Gasteiger partial charge in [-0.1, -0.05) is 0 Å². The molecule has 3 rings (SSSR count). The normalized spacial score (nSPS) is 24.3. The number of hydrogen-bond donors (Lipinski definition) is 3. The van der Waals surface area contributed by atoms with Crippen LogP contribution in [0.4, 0.5) is 0 Å². The second-order valence-electron chi connectivity index (χ2n) is 7.51. The molecule has 0 aromatic carbocycles. The van der Waals surface area contributed by atoms with Crippen LogP contribution in [0.2, 0.25) is 0 Å². The Labute approximate surface area is 143 Å². The topological polar surface area (TPSA) is 79.2 Å². The fourth-order valence-electron chi connectivity index (χ4n) is 2.96. The minimum absolute atomic E-state index is 0. The third-order valence-corrected chi connectivity index (χ3v) is 4.43. The maximum Gasteiger partial charge on any atom is 0.271 e. The number of aliphatic hydroxyl groups is 1. The Bertz CT molecular complexity index is 563. The van der Waals surface area contributed by atoms with Crippen LogP contribution >= 0.6 is 12.4 Å². The molecule has 1 aromatic rings. The molecule has 0 radical (unpaired) electrons. The van der Waals surface area contributed by atoms with Gasteiger partial charge >= 0.3 is 0 Å². The van der Waals surface area contributed by atoms with Crippen LogP contribution in [0.3, 0.4) is 0 Å². The van der Waals surface area contributed by atoms with Gasteiger partial charge in [0.15, 0.2) is 0 Å².